The number of imidazole rings is 1. The summed E-state index contributed by atoms with van der Waals surface area (Å²) in [6, 6.07) is 16.3. The third kappa shape index (κ3) is 6.35. The van der Waals surface area contributed by atoms with Crippen LogP contribution in [0.3, 0.4) is 0 Å². The molecule has 9 heteroatoms. The molecule has 1 aliphatic carbocycles. The molecule has 1 amide bonds. The fourth-order valence-electron chi connectivity index (χ4n) is 6.09. The molecule has 1 aliphatic heterocycles. The van der Waals surface area contributed by atoms with Crippen LogP contribution in [0.1, 0.15) is 40.4 Å². The third-order valence-electron chi connectivity index (χ3n) is 8.12. The van der Waals surface area contributed by atoms with E-state index in [-0.39, 0.29) is 23.8 Å². The van der Waals surface area contributed by atoms with Gasteiger partial charge in [-0.25, -0.2) is 9.37 Å². The van der Waals surface area contributed by atoms with Gasteiger partial charge >= 0.3 is 0 Å². The number of hydrogen-bond donors (Lipinski definition) is 1. The number of nitrogens with one attached hydrogen (secondary N) is 1. The maximum Gasteiger partial charge on any atom is 0.241 e. The fourth-order valence-corrected chi connectivity index (χ4v) is 6.28. The first-order valence-corrected chi connectivity index (χ1v) is 14.6. The lowest BCUT2D eigenvalue weighted by Crippen LogP contribution is -2.58. The predicted molar refractivity (Wildman–Crippen MR) is 157 cm³/mol. The topological polar surface area (TPSA) is 66.3 Å². The second-order valence-corrected chi connectivity index (χ2v) is 11.3. The van der Waals surface area contributed by atoms with Crippen LogP contribution in [0.15, 0.2) is 79.5 Å². The monoisotopic (exact) mass is 572 g/mol. The fraction of sp³-hybridized carbons (Fsp3) is 0.344. The Balaban J connectivity index is 1.25. The number of piperazine rings is 1. The highest BCUT2D eigenvalue weighted by Gasteiger charge is 2.36. The molecule has 0 saturated carbocycles. The molecule has 2 atom stereocenters. The first-order chi connectivity index (χ1) is 20.0. The van der Waals surface area contributed by atoms with Crippen molar-refractivity contribution in [3.63, 3.8) is 0 Å². The van der Waals surface area contributed by atoms with E-state index in [0.717, 1.165) is 48.6 Å². The van der Waals surface area contributed by atoms with Crippen molar-refractivity contribution < 1.29 is 9.18 Å². The zero-order chi connectivity index (χ0) is 28.2. The van der Waals surface area contributed by atoms with E-state index >= 15 is 0 Å². The molecule has 4 aromatic rings. The number of nitrogens with zero attached hydrogens (tertiary/aromatic N) is 5. The minimum Gasteiger partial charge on any atom is -0.337 e. The summed E-state index contributed by atoms with van der Waals surface area (Å²) in [5.74, 6) is -0.231. The molecule has 0 spiro atoms. The number of halogens is 2. The molecule has 0 bridgehead atoms. The molecule has 1 fully saturated rings. The van der Waals surface area contributed by atoms with Gasteiger partial charge in [0.25, 0.3) is 0 Å². The minimum absolute atomic E-state index is 0.0508. The van der Waals surface area contributed by atoms with Crippen LogP contribution in [0.25, 0.3) is 0 Å². The average molecular weight is 573 g/mol. The van der Waals surface area contributed by atoms with Crippen LogP contribution in [0.4, 0.5) is 4.39 Å². The van der Waals surface area contributed by atoms with Crippen molar-refractivity contribution in [3.8, 4) is 0 Å². The summed E-state index contributed by atoms with van der Waals surface area (Å²) in [6.07, 6.45) is 9.93. The minimum atomic E-state index is -0.372. The Hall–Kier alpha value is -3.59. The standard InChI is InChI=1S/C32H34ClFN6O/c33-26-8-11-28-25(19-26)7-6-24-3-1-12-37-30(24)31(28)39-18-14-36-29(21-39)32(41)40(16-2-15-38-17-13-35-22-38)20-23-4-9-27(34)10-5-23/h1,3-5,8-13,17,19,22,29,31,36H,2,6-7,14-16,18,20-21H2/t29-,31+/m1/s1. The number of benzene rings is 2. The molecular formula is C32H34ClFN6O. The van der Waals surface area contributed by atoms with Gasteiger partial charge in [0.15, 0.2) is 0 Å². The van der Waals surface area contributed by atoms with Gasteiger partial charge in [-0.3, -0.25) is 14.7 Å². The molecule has 0 unspecified atom stereocenters. The summed E-state index contributed by atoms with van der Waals surface area (Å²) in [6.45, 7) is 3.82. The molecule has 0 radical (unpaired) electrons. The summed E-state index contributed by atoms with van der Waals surface area (Å²) in [7, 11) is 0. The Bertz CT molecular complexity index is 1480. The number of aryl methyl sites for hydroxylation is 3. The second-order valence-electron chi connectivity index (χ2n) is 10.8. The van der Waals surface area contributed by atoms with Crippen LogP contribution in [-0.2, 0) is 30.7 Å². The van der Waals surface area contributed by atoms with Gasteiger partial charge in [0, 0.05) is 62.9 Å². The largest absolute Gasteiger partial charge is 0.337 e. The van der Waals surface area contributed by atoms with E-state index < -0.39 is 0 Å². The van der Waals surface area contributed by atoms with Crippen molar-refractivity contribution in [1.82, 2.24) is 29.7 Å². The van der Waals surface area contributed by atoms with Gasteiger partial charge in [-0.1, -0.05) is 35.9 Å². The Morgan fingerprint density at radius 2 is 1.95 bits per heavy atom. The second kappa shape index (κ2) is 12.5. The van der Waals surface area contributed by atoms with Gasteiger partial charge in [0.2, 0.25) is 5.91 Å². The van der Waals surface area contributed by atoms with Crippen molar-refractivity contribution in [2.75, 3.05) is 26.2 Å². The molecule has 41 heavy (non-hydrogen) atoms. The molecule has 7 nitrogen and oxygen atoms in total. The molecule has 1 saturated heterocycles. The number of aromatic nitrogens is 3. The van der Waals surface area contributed by atoms with Gasteiger partial charge in [0.05, 0.1) is 24.1 Å². The Morgan fingerprint density at radius 3 is 2.78 bits per heavy atom. The number of amides is 1. The number of fused-ring (bicyclic) bond motifs is 2. The van der Waals surface area contributed by atoms with Gasteiger partial charge in [0.1, 0.15) is 5.82 Å². The highest BCUT2D eigenvalue weighted by molar-refractivity contribution is 6.30. The maximum atomic E-state index is 14.1. The third-order valence-corrected chi connectivity index (χ3v) is 8.36. The number of pyridine rings is 1. The highest BCUT2D eigenvalue weighted by atomic mass is 35.5. The zero-order valence-electron chi connectivity index (χ0n) is 22.9. The smallest absolute Gasteiger partial charge is 0.241 e. The summed E-state index contributed by atoms with van der Waals surface area (Å²) in [5, 5.41) is 4.23. The van der Waals surface area contributed by atoms with Crippen molar-refractivity contribution >= 4 is 17.5 Å². The van der Waals surface area contributed by atoms with E-state index in [1.54, 1.807) is 24.7 Å². The summed E-state index contributed by atoms with van der Waals surface area (Å²) in [4.78, 5) is 27.4. The first kappa shape index (κ1) is 27.6. The molecule has 2 aliphatic rings. The van der Waals surface area contributed by atoms with Crippen LogP contribution < -0.4 is 5.32 Å². The number of rotatable bonds is 8. The zero-order valence-corrected chi connectivity index (χ0v) is 23.7. The molecule has 1 N–H and O–H groups in total. The van der Waals surface area contributed by atoms with Gasteiger partial charge in [-0.15, -0.1) is 0 Å². The van der Waals surface area contributed by atoms with E-state index in [1.165, 1.54) is 28.8 Å². The lowest BCUT2D eigenvalue weighted by molar-refractivity contribution is -0.135. The normalized spacial score (nSPS) is 18.8. The van der Waals surface area contributed by atoms with Gasteiger partial charge in [-0.05, 0) is 71.8 Å². The summed E-state index contributed by atoms with van der Waals surface area (Å²) >= 11 is 6.41. The van der Waals surface area contributed by atoms with E-state index in [9.17, 15) is 9.18 Å². The van der Waals surface area contributed by atoms with Gasteiger partial charge in [-0.2, -0.15) is 0 Å². The number of carbonyl (C=O) groups is 1. The van der Waals surface area contributed by atoms with Crippen molar-refractivity contribution in [1.29, 1.82) is 0 Å². The Morgan fingerprint density at radius 1 is 1.10 bits per heavy atom. The maximum absolute atomic E-state index is 14.1. The summed E-state index contributed by atoms with van der Waals surface area (Å²) < 4.78 is 15.6. The van der Waals surface area contributed by atoms with Crippen LogP contribution in [0, 0.1) is 5.82 Å². The first-order valence-electron chi connectivity index (χ1n) is 14.2. The van der Waals surface area contributed by atoms with Crippen LogP contribution in [0.5, 0.6) is 0 Å². The lowest BCUT2D eigenvalue weighted by Gasteiger charge is -2.40. The van der Waals surface area contributed by atoms with Crippen LogP contribution in [0.2, 0.25) is 5.02 Å². The van der Waals surface area contributed by atoms with Crippen LogP contribution >= 0.6 is 11.6 Å². The quantitative estimate of drug-likeness (QED) is 0.333. The van der Waals surface area contributed by atoms with Crippen molar-refractivity contribution in [2.24, 2.45) is 0 Å². The van der Waals surface area contributed by atoms with Crippen molar-refractivity contribution in [3.05, 3.63) is 118 Å². The number of carbonyl (C=O) groups excluding carboxylic acids is 1. The molecule has 2 aromatic heterocycles. The molecule has 3 heterocycles. The molecular weight excluding hydrogens is 539 g/mol. The summed E-state index contributed by atoms with van der Waals surface area (Å²) in [5.41, 5.74) is 5.65. The van der Waals surface area contributed by atoms with Crippen LogP contribution in [-0.4, -0.2) is 62.5 Å². The Labute approximate surface area is 245 Å². The van der Waals surface area contributed by atoms with E-state index in [2.05, 4.69) is 33.4 Å². The highest BCUT2D eigenvalue weighted by Crippen LogP contribution is 2.37. The molecule has 2 aromatic carbocycles. The van der Waals surface area contributed by atoms with Crippen molar-refractivity contribution in [2.45, 2.75) is 44.4 Å². The van der Waals surface area contributed by atoms with E-state index in [1.807, 2.05) is 34.0 Å². The predicted octanol–water partition coefficient (Wildman–Crippen LogP) is 4.65. The molecule has 212 valence electrons. The lowest BCUT2D eigenvalue weighted by atomic mass is 9.95. The average Bonchev–Trinajstić information content (AvgIpc) is 3.46. The Kier molecular flexibility index (Phi) is 8.41. The molecule has 6 rings (SSSR count). The van der Waals surface area contributed by atoms with Gasteiger partial charge < -0.3 is 14.8 Å². The van der Waals surface area contributed by atoms with E-state index in [0.29, 0.717) is 26.2 Å². The number of hydrogen-bond acceptors (Lipinski definition) is 5. The SMILES string of the molecule is O=C([C@H]1CN([C@H]2c3ccc(Cl)cc3CCc3cccnc32)CCN1)N(CCCn1ccnc1)Cc1ccc(F)cc1. The van der Waals surface area contributed by atoms with E-state index in [4.69, 9.17) is 16.6 Å².